The van der Waals surface area contributed by atoms with Crippen LogP contribution in [0.3, 0.4) is 0 Å². The van der Waals surface area contributed by atoms with E-state index in [1.165, 1.54) is 12.1 Å². The summed E-state index contributed by atoms with van der Waals surface area (Å²) in [7, 11) is -3.26. The fraction of sp³-hybridized carbons (Fsp3) is 0.600. The molecule has 29 heavy (non-hydrogen) atoms. The van der Waals surface area contributed by atoms with Crippen molar-refractivity contribution in [1.82, 2.24) is 10.6 Å². The molecule has 0 aliphatic carbocycles. The van der Waals surface area contributed by atoms with Gasteiger partial charge in [0.2, 0.25) is 5.91 Å². The van der Waals surface area contributed by atoms with Crippen LogP contribution in [0.25, 0.3) is 0 Å². The molecule has 8 nitrogen and oxygen atoms in total. The lowest BCUT2D eigenvalue weighted by Crippen LogP contribution is -2.53. The van der Waals surface area contributed by atoms with Crippen molar-refractivity contribution in [3.05, 3.63) is 24.3 Å². The van der Waals surface area contributed by atoms with E-state index in [0.29, 0.717) is 5.75 Å². The average molecular weight is 429 g/mol. The highest BCUT2D eigenvalue weighted by atomic mass is 32.2. The summed E-state index contributed by atoms with van der Waals surface area (Å²) >= 11 is 0. The van der Waals surface area contributed by atoms with Gasteiger partial charge in [-0.2, -0.15) is 0 Å². The van der Waals surface area contributed by atoms with Crippen LogP contribution in [-0.4, -0.2) is 51.0 Å². The van der Waals surface area contributed by atoms with E-state index in [1.54, 1.807) is 32.9 Å². The number of amides is 2. The minimum Gasteiger partial charge on any atom is -0.492 e. The highest BCUT2D eigenvalue weighted by Gasteiger charge is 2.27. The van der Waals surface area contributed by atoms with Crippen LogP contribution < -0.4 is 15.4 Å². The monoisotopic (exact) mass is 428 g/mol. The number of rotatable bonds is 8. The van der Waals surface area contributed by atoms with E-state index in [0.717, 1.165) is 6.26 Å². The molecule has 0 bridgehead atoms. The van der Waals surface area contributed by atoms with Gasteiger partial charge in [0.15, 0.2) is 9.84 Å². The topological polar surface area (TPSA) is 111 Å². The van der Waals surface area contributed by atoms with E-state index in [-0.39, 0.29) is 23.5 Å². The summed E-state index contributed by atoms with van der Waals surface area (Å²) in [5, 5.41) is 5.41. The number of sulfone groups is 1. The van der Waals surface area contributed by atoms with E-state index >= 15 is 0 Å². The minimum absolute atomic E-state index is 0.0751. The summed E-state index contributed by atoms with van der Waals surface area (Å²) in [6, 6.07) is 5.30. The van der Waals surface area contributed by atoms with Gasteiger partial charge < -0.3 is 9.47 Å². The van der Waals surface area contributed by atoms with Gasteiger partial charge in [-0.15, -0.1) is 0 Å². The lowest BCUT2D eigenvalue weighted by molar-refractivity contribution is -0.124. The van der Waals surface area contributed by atoms with Crippen LogP contribution >= 0.6 is 0 Å². The summed E-state index contributed by atoms with van der Waals surface area (Å²) in [5.41, 5.74) is -0.696. The summed E-state index contributed by atoms with van der Waals surface area (Å²) in [6.07, 6.45) is 0.355. The first-order chi connectivity index (χ1) is 13.2. The SMILES string of the molecule is CC(COc1ccc(S(C)(=O)=O)cc1)N[C@H](C(=O)NC(=O)OC(C)(C)C)C(C)C. The van der Waals surface area contributed by atoms with Crippen LogP contribution in [0.5, 0.6) is 5.75 Å². The van der Waals surface area contributed by atoms with Gasteiger partial charge in [-0.3, -0.25) is 15.4 Å². The van der Waals surface area contributed by atoms with Gasteiger partial charge in [0.25, 0.3) is 0 Å². The molecule has 0 heterocycles. The largest absolute Gasteiger partial charge is 0.492 e. The number of nitrogens with one attached hydrogen (secondary N) is 2. The molecule has 0 radical (unpaired) electrons. The van der Waals surface area contributed by atoms with Crippen molar-refractivity contribution in [1.29, 1.82) is 0 Å². The Hall–Kier alpha value is -2.13. The van der Waals surface area contributed by atoms with Gasteiger partial charge in [0, 0.05) is 12.3 Å². The van der Waals surface area contributed by atoms with Gasteiger partial charge in [-0.25, -0.2) is 13.2 Å². The van der Waals surface area contributed by atoms with Gasteiger partial charge >= 0.3 is 6.09 Å². The summed E-state index contributed by atoms with van der Waals surface area (Å²) in [5.74, 6) is -0.0297. The second kappa shape index (κ2) is 10.1. The Balaban J connectivity index is 2.63. The van der Waals surface area contributed by atoms with E-state index in [4.69, 9.17) is 9.47 Å². The van der Waals surface area contributed by atoms with E-state index in [9.17, 15) is 18.0 Å². The van der Waals surface area contributed by atoms with Crippen LogP contribution in [0.1, 0.15) is 41.5 Å². The maximum Gasteiger partial charge on any atom is 0.414 e. The normalized spacial score (nSPS) is 14.2. The zero-order valence-corrected chi connectivity index (χ0v) is 18.9. The van der Waals surface area contributed by atoms with Crippen molar-refractivity contribution in [3.8, 4) is 5.75 Å². The molecule has 0 saturated carbocycles. The highest BCUT2D eigenvalue weighted by Crippen LogP contribution is 2.16. The molecule has 0 fully saturated rings. The predicted molar refractivity (Wildman–Crippen MR) is 111 cm³/mol. The molecule has 0 aliphatic rings. The van der Waals surface area contributed by atoms with E-state index in [2.05, 4.69) is 10.6 Å². The van der Waals surface area contributed by atoms with Crippen LogP contribution in [0, 0.1) is 5.92 Å². The first-order valence-electron chi connectivity index (χ1n) is 9.42. The Morgan fingerprint density at radius 3 is 2.07 bits per heavy atom. The number of imide groups is 1. The number of carbonyl (C=O) groups is 2. The highest BCUT2D eigenvalue weighted by molar-refractivity contribution is 7.90. The van der Waals surface area contributed by atoms with Crippen molar-refractivity contribution >= 4 is 21.8 Å². The molecule has 0 spiro atoms. The number of ether oxygens (including phenoxy) is 2. The molecular weight excluding hydrogens is 396 g/mol. The van der Waals surface area contributed by atoms with Crippen molar-refractivity contribution in [2.45, 2.75) is 64.1 Å². The molecule has 2 amide bonds. The zero-order chi connectivity index (χ0) is 22.4. The predicted octanol–water partition coefficient (Wildman–Crippen LogP) is 2.52. The number of hydrogen-bond donors (Lipinski definition) is 2. The smallest absolute Gasteiger partial charge is 0.414 e. The second-order valence-electron chi connectivity index (χ2n) is 8.34. The minimum atomic E-state index is -3.26. The molecule has 1 aromatic carbocycles. The molecule has 2 atom stereocenters. The van der Waals surface area contributed by atoms with Crippen molar-refractivity contribution in [3.63, 3.8) is 0 Å². The van der Waals surface area contributed by atoms with E-state index < -0.39 is 33.5 Å². The molecule has 0 saturated heterocycles. The molecule has 2 N–H and O–H groups in total. The average Bonchev–Trinajstić information content (AvgIpc) is 2.55. The second-order valence-corrected chi connectivity index (χ2v) is 10.4. The molecule has 1 unspecified atom stereocenters. The quantitative estimate of drug-likeness (QED) is 0.654. The third-order valence-corrected chi connectivity index (χ3v) is 4.92. The van der Waals surface area contributed by atoms with Crippen molar-refractivity contribution in [2.24, 2.45) is 5.92 Å². The summed E-state index contributed by atoms with van der Waals surface area (Å²) in [4.78, 5) is 24.5. The molecule has 1 rings (SSSR count). The number of benzene rings is 1. The first kappa shape index (κ1) is 24.9. The Morgan fingerprint density at radius 2 is 1.62 bits per heavy atom. The molecule has 164 valence electrons. The lowest BCUT2D eigenvalue weighted by atomic mass is 10.0. The molecule has 0 aromatic heterocycles. The number of alkyl carbamates (subject to hydrolysis) is 1. The fourth-order valence-corrected chi connectivity index (χ4v) is 3.04. The van der Waals surface area contributed by atoms with Crippen LogP contribution in [-0.2, 0) is 19.4 Å². The Labute approximate surface area is 173 Å². The molecule has 9 heteroatoms. The van der Waals surface area contributed by atoms with Crippen molar-refractivity contribution in [2.75, 3.05) is 12.9 Å². The van der Waals surface area contributed by atoms with Crippen molar-refractivity contribution < 1.29 is 27.5 Å². The first-order valence-corrected chi connectivity index (χ1v) is 11.3. The van der Waals surface area contributed by atoms with Gasteiger partial charge in [0.05, 0.1) is 10.9 Å². The number of hydrogen-bond acceptors (Lipinski definition) is 7. The third kappa shape index (κ3) is 9.27. The van der Waals surface area contributed by atoms with Crippen LogP contribution in [0.15, 0.2) is 29.2 Å². The zero-order valence-electron chi connectivity index (χ0n) is 18.1. The lowest BCUT2D eigenvalue weighted by Gasteiger charge is -2.26. The van der Waals surface area contributed by atoms with Gasteiger partial charge in [-0.1, -0.05) is 13.8 Å². The van der Waals surface area contributed by atoms with Crippen LogP contribution in [0.2, 0.25) is 0 Å². The third-order valence-electron chi connectivity index (χ3n) is 3.79. The molecule has 1 aromatic rings. The van der Waals surface area contributed by atoms with E-state index in [1.807, 2.05) is 20.8 Å². The number of carbonyl (C=O) groups excluding carboxylic acids is 2. The Bertz CT molecular complexity index is 797. The van der Waals surface area contributed by atoms with Crippen LogP contribution in [0.4, 0.5) is 4.79 Å². The molecular formula is C20H32N2O6S. The maximum absolute atomic E-state index is 12.5. The van der Waals surface area contributed by atoms with Gasteiger partial charge in [-0.05, 0) is 57.9 Å². The molecule has 0 aliphatic heterocycles. The summed E-state index contributed by atoms with van der Waals surface area (Å²) < 4.78 is 33.8. The summed E-state index contributed by atoms with van der Waals surface area (Å²) in [6.45, 7) is 11.0. The Kier molecular flexibility index (Phi) is 8.65. The fourth-order valence-electron chi connectivity index (χ4n) is 2.41. The van der Waals surface area contributed by atoms with Gasteiger partial charge in [0.1, 0.15) is 18.0 Å². The Morgan fingerprint density at radius 1 is 1.07 bits per heavy atom. The maximum atomic E-state index is 12.5. The standard InChI is InChI=1S/C20H32N2O6S/c1-13(2)17(18(23)22-19(24)28-20(4,5)6)21-14(3)12-27-15-8-10-16(11-9-15)29(7,25)26/h8-11,13-14,17,21H,12H2,1-7H3,(H,22,23,24)/t14?,17-/m0/s1.